The van der Waals surface area contributed by atoms with Crippen LogP contribution in [0.2, 0.25) is 0 Å². The van der Waals surface area contributed by atoms with Gasteiger partial charge in [-0.3, -0.25) is 4.79 Å². The van der Waals surface area contributed by atoms with Gasteiger partial charge in [-0.2, -0.15) is 12.8 Å². The van der Waals surface area contributed by atoms with Crippen LogP contribution in [0.4, 0.5) is 10.5 Å². The number of hydrogen-bond acceptors (Lipinski definition) is 7. The molecule has 0 atom stereocenters. The summed E-state index contributed by atoms with van der Waals surface area (Å²) in [5.74, 6) is -0.0670. The van der Waals surface area contributed by atoms with Gasteiger partial charge in [-0.25, -0.2) is 10.2 Å². The molecule has 3 rings (SSSR count). The van der Waals surface area contributed by atoms with Crippen LogP contribution in [0, 0.1) is 6.92 Å². The molecule has 0 aromatic heterocycles. The van der Waals surface area contributed by atoms with E-state index < -0.39 is 21.7 Å². The molecule has 1 amide bonds. The Kier molecular flexibility index (Phi) is 6.99. The number of anilines is 1. The van der Waals surface area contributed by atoms with Crippen molar-refractivity contribution in [3.8, 4) is 5.75 Å². The van der Waals surface area contributed by atoms with E-state index >= 15 is 0 Å². The van der Waals surface area contributed by atoms with Crippen molar-refractivity contribution in [3.63, 3.8) is 0 Å². The number of rotatable bonds is 6. The summed E-state index contributed by atoms with van der Waals surface area (Å²) in [6, 6.07) is 11.2. The molecule has 1 aliphatic rings. The quantitative estimate of drug-likeness (QED) is 0.496. The van der Waals surface area contributed by atoms with Crippen LogP contribution in [0.15, 0.2) is 47.4 Å². The molecule has 2 aromatic rings. The second-order valence-electron chi connectivity index (χ2n) is 8.75. The van der Waals surface area contributed by atoms with E-state index in [1.54, 1.807) is 58.0 Å². The van der Waals surface area contributed by atoms with Gasteiger partial charge >= 0.3 is 12.1 Å². The maximum absolute atomic E-state index is 13.6. The molecule has 178 valence electrons. The standard InChI is InChI=1S/C23H29N3O6S/c1-6-8-21(27)31-18-11-12-20-17(14-18)15-25(24-22(28)32-23(3,4)5)26(20)33(29,30)19-10-7-9-16(2)13-19/h7,9-14H,6,8,15H2,1-5H3,(H,24,28). The van der Waals surface area contributed by atoms with Crippen LogP contribution in [-0.2, 0) is 26.1 Å². The third-order valence-electron chi connectivity index (χ3n) is 4.62. The van der Waals surface area contributed by atoms with Crippen LogP contribution in [-0.4, -0.2) is 31.2 Å². The van der Waals surface area contributed by atoms with Crippen molar-refractivity contribution in [3.05, 3.63) is 53.6 Å². The maximum Gasteiger partial charge on any atom is 0.423 e. The Balaban J connectivity index is 1.99. The van der Waals surface area contributed by atoms with Gasteiger partial charge in [0.15, 0.2) is 0 Å². The molecule has 10 heteroatoms. The van der Waals surface area contributed by atoms with Crippen molar-refractivity contribution in [2.24, 2.45) is 0 Å². The minimum atomic E-state index is -4.08. The fourth-order valence-corrected chi connectivity index (χ4v) is 4.89. The number of nitrogens with zero attached hydrogens (tertiary/aromatic N) is 2. The van der Waals surface area contributed by atoms with E-state index in [2.05, 4.69) is 5.43 Å². The van der Waals surface area contributed by atoms with Crippen molar-refractivity contribution in [1.29, 1.82) is 0 Å². The summed E-state index contributed by atoms with van der Waals surface area (Å²) in [7, 11) is -4.08. The molecular weight excluding hydrogens is 446 g/mol. The highest BCUT2D eigenvalue weighted by molar-refractivity contribution is 7.92. The predicted octanol–water partition coefficient (Wildman–Crippen LogP) is 4.07. The number of carbonyl (C=O) groups excluding carboxylic acids is 2. The van der Waals surface area contributed by atoms with Crippen molar-refractivity contribution in [2.45, 2.75) is 64.5 Å². The van der Waals surface area contributed by atoms with E-state index in [0.717, 1.165) is 9.98 Å². The first kappa shape index (κ1) is 24.5. The lowest BCUT2D eigenvalue weighted by Crippen LogP contribution is -2.53. The molecule has 1 aliphatic heterocycles. The summed E-state index contributed by atoms with van der Waals surface area (Å²) in [6.45, 7) is 8.83. The summed E-state index contributed by atoms with van der Waals surface area (Å²) < 4.78 is 38.8. The highest BCUT2D eigenvalue weighted by Crippen LogP contribution is 2.37. The number of hydrogen-bond donors (Lipinski definition) is 1. The molecule has 0 spiro atoms. The number of hydrazine groups is 2. The van der Waals surface area contributed by atoms with E-state index in [9.17, 15) is 18.0 Å². The van der Waals surface area contributed by atoms with Crippen molar-refractivity contribution in [1.82, 2.24) is 10.5 Å². The monoisotopic (exact) mass is 475 g/mol. The summed E-state index contributed by atoms with van der Waals surface area (Å²) in [5.41, 5.74) is 3.42. The highest BCUT2D eigenvalue weighted by atomic mass is 32.2. The van der Waals surface area contributed by atoms with Crippen molar-refractivity contribution < 1.29 is 27.5 Å². The normalized spacial score (nSPS) is 14.0. The van der Waals surface area contributed by atoms with E-state index in [-0.39, 0.29) is 23.8 Å². The van der Waals surface area contributed by atoms with Crippen LogP contribution < -0.4 is 14.6 Å². The molecule has 2 aromatic carbocycles. The number of esters is 1. The lowest BCUT2D eigenvalue weighted by molar-refractivity contribution is -0.134. The van der Waals surface area contributed by atoms with Crippen LogP contribution in [0.5, 0.6) is 5.75 Å². The molecular formula is C23H29N3O6S. The zero-order chi connectivity index (χ0) is 24.4. The number of amides is 1. The minimum absolute atomic E-state index is 0.0266. The van der Waals surface area contributed by atoms with Crippen LogP contribution in [0.1, 0.15) is 51.7 Å². The first-order valence-electron chi connectivity index (χ1n) is 10.6. The Bertz CT molecular complexity index is 1160. The Labute approximate surface area is 194 Å². The fourth-order valence-electron chi connectivity index (χ4n) is 3.31. The van der Waals surface area contributed by atoms with Gasteiger partial charge in [0, 0.05) is 6.42 Å². The highest BCUT2D eigenvalue weighted by Gasteiger charge is 2.39. The van der Waals surface area contributed by atoms with E-state index in [1.807, 2.05) is 6.92 Å². The number of ether oxygens (including phenoxy) is 2. The van der Waals surface area contributed by atoms with Gasteiger partial charge in [0.25, 0.3) is 10.0 Å². The second-order valence-corrected chi connectivity index (χ2v) is 10.5. The van der Waals surface area contributed by atoms with Gasteiger partial charge in [0.05, 0.1) is 17.1 Å². The van der Waals surface area contributed by atoms with Gasteiger partial charge in [-0.15, -0.1) is 5.12 Å². The number of benzene rings is 2. The number of nitrogens with one attached hydrogen (secondary N) is 1. The Morgan fingerprint density at radius 3 is 2.48 bits per heavy atom. The predicted molar refractivity (Wildman–Crippen MR) is 123 cm³/mol. The van der Waals surface area contributed by atoms with Crippen LogP contribution in [0.3, 0.4) is 0 Å². The average Bonchev–Trinajstić information content (AvgIpc) is 3.04. The minimum Gasteiger partial charge on any atom is -0.443 e. The molecule has 0 radical (unpaired) electrons. The third-order valence-corrected chi connectivity index (χ3v) is 6.32. The summed E-state index contributed by atoms with van der Waals surface area (Å²) in [4.78, 5) is 24.4. The first-order valence-corrected chi connectivity index (χ1v) is 12.1. The zero-order valence-corrected chi connectivity index (χ0v) is 20.2. The van der Waals surface area contributed by atoms with Gasteiger partial charge in [0.2, 0.25) is 0 Å². The van der Waals surface area contributed by atoms with Crippen LogP contribution in [0.25, 0.3) is 0 Å². The summed E-state index contributed by atoms with van der Waals surface area (Å²) in [6.07, 6.45) is 0.131. The second kappa shape index (κ2) is 9.40. The topological polar surface area (TPSA) is 105 Å². The molecule has 0 aliphatic carbocycles. The molecule has 0 saturated carbocycles. The molecule has 33 heavy (non-hydrogen) atoms. The number of aryl methyl sites for hydroxylation is 1. The maximum atomic E-state index is 13.6. The van der Waals surface area contributed by atoms with Gasteiger partial charge < -0.3 is 9.47 Å². The fraction of sp³-hybridized carbons (Fsp3) is 0.391. The van der Waals surface area contributed by atoms with Gasteiger partial charge in [-0.05, 0) is 75.6 Å². The Hall–Kier alpha value is -3.11. The van der Waals surface area contributed by atoms with Gasteiger partial charge in [-0.1, -0.05) is 19.1 Å². The number of fused-ring (bicyclic) bond motifs is 1. The van der Waals surface area contributed by atoms with E-state index in [0.29, 0.717) is 23.4 Å². The SMILES string of the molecule is CCCC(=O)Oc1ccc2c(c1)CN(NC(=O)OC(C)(C)C)N2S(=O)(=O)c1cccc(C)c1. The van der Waals surface area contributed by atoms with Crippen molar-refractivity contribution in [2.75, 3.05) is 4.41 Å². The molecule has 1 heterocycles. The first-order chi connectivity index (χ1) is 15.4. The van der Waals surface area contributed by atoms with E-state index in [1.165, 1.54) is 17.3 Å². The lowest BCUT2D eigenvalue weighted by Gasteiger charge is -2.30. The molecule has 0 fully saturated rings. The Morgan fingerprint density at radius 1 is 1.12 bits per heavy atom. The van der Waals surface area contributed by atoms with Gasteiger partial charge in [0.1, 0.15) is 11.4 Å². The zero-order valence-electron chi connectivity index (χ0n) is 19.4. The lowest BCUT2D eigenvalue weighted by atomic mass is 10.2. The van der Waals surface area contributed by atoms with Crippen molar-refractivity contribution >= 4 is 27.8 Å². The number of carbonyl (C=O) groups is 2. The van der Waals surface area contributed by atoms with E-state index in [4.69, 9.17) is 9.47 Å². The van der Waals surface area contributed by atoms with Crippen LogP contribution >= 0.6 is 0 Å². The molecule has 0 bridgehead atoms. The average molecular weight is 476 g/mol. The summed E-state index contributed by atoms with van der Waals surface area (Å²) in [5, 5.41) is 1.17. The largest absolute Gasteiger partial charge is 0.443 e. The smallest absolute Gasteiger partial charge is 0.423 e. The number of sulfonamides is 1. The molecule has 0 unspecified atom stereocenters. The molecule has 0 saturated heterocycles. The molecule has 9 nitrogen and oxygen atoms in total. The third kappa shape index (κ3) is 5.82. The Morgan fingerprint density at radius 2 is 1.85 bits per heavy atom. The molecule has 1 N–H and O–H groups in total. The summed E-state index contributed by atoms with van der Waals surface area (Å²) >= 11 is 0.